The van der Waals surface area contributed by atoms with Gasteiger partial charge in [-0.3, -0.25) is 9.59 Å². The fourth-order valence-electron chi connectivity index (χ4n) is 3.07. The summed E-state index contributed by atoms with van der Waals surface area (Å²) in [7, 11) is 0. The van der Waals surface area contributed by atoms with Gasteiger partial charge in [0.1, 0.15) is 0 Å². The third-order valence-corrected chi connectivity index (χ3v) is 4.64. The van der Waals surface area contributed by atoms with Crippen LogP contribution >= 0.6 is 0 Å². The van der Waals surface area contributed by atoms with Crippen molar-refractivity contribution in [1.82, 2.24) is 5.32 Å². The summed E-state index contributed by atoms with van der Waals surface area (Å²) in [5.41, 5.74) is 3.29. The van der Waals surface area contributed by atoms with Gasteiger partial charge < -0.3 is 10.6 Å². The highest BCUT2D eigenvalue weighted by molar-refractivity contribution is 5.97. The van der Waals surface area contributed by atoms with Crippen molar-refractivity contribution in [3.05, 3.63) is 102 Å². The molecule has 2 amide bonds. The Bertz CT molecular complexity index is 906. The van der Waals surface area contributed by atoms with Gasteiger partial charge >= 0.3 is 0 Å². The molecule has 3 rings (SSSR count). The molecule has 28 heavy (non-hydrogen) atoms. The summed E-state index contributed by atoms with van der Waals surface area (Å²) < 4.78 is 0. The van der Waals surface area contributed by atoms with Gasteiger partial charge in [0.15, 0.2) is 0 Å². The number of benzene rings is 3. The van der Waals surface area contributed by atoms with Crippen LogP contribution in [0.2, 0.25) is 0 Å². The first-order valence-corrected chi connectivity index (χ1v) is 9.45. The molecular weight excluding hydrogens is 348 g/mol. The maximum Gasteiger partial charge on any atom is 0.251 e. The van der Waals surface area contributed by atoms with Gasteiger partial charge in [0.2, 0.25) is 5.91 Å². The van der Waals surface area contributed by atoms with Crippen molar-refractivity contribution in [1.29, 1.82) is 0 Å². The SMILES string of the molecule is CC[C@@H](C(=O)Nc1ccc(C(=O)NCc2ccccc2)cc1)c1ccccc1. The molecule has 0 aliphatic heterocycles. The second kappa shape index (κ2) is 9.51. The lowest BCUT2D eigenvalue weighted by Crippen LogP contribution is -2.23. The van der Waals surface area contributed by atoms with E-state index in [1.54, 1.807) is 24.3 Å². The number of rotatable bonds is 7. The average Bonchev–Trinajstić information content (AvgIpc) is 2.74. The molecule has 0 fully saturated rings. The molecule has 2 N–H and O–H groups in total. The monoisotopic (exact) mass is 372 g/mol. The van der Waals surface area contributed by atoms with E-state index >= 15 is 0 Å². The average molecular weight is 372 g/mol. The van der Waals surface area contributed by atoms with Crippen LogP contribution in [-0.4, -0.2) is 11.8 Å². The van der Waals surface area contributed by atoms with E-state index < -0.39 is 0 Å². The van der Waals surface area contributed by atoms with E-state index in [9.17, 15) is 9.59 Å². The minimum absolute atomic E-state index is 0.0463. The smallest absolute Gasteiger partial charge is 0.251 e. The molecule has 0 spiro atoms. The molecule has 0 aliphatic rings. The van der Waals surface area contributed by atoms with E-state index in [1.807, 2.05) is 67.6 Å². The number of hydrogen-bond acceptors (Lipinski definition) is 2. The highest BCUT2D eigenvalue weighted by Crippen LogP contribution is 2.21. The van der Waals surface area contributed by atoms with Crippen LogP contribution in [0.5, 0.6) is 0 Å². The molecule has 0 bridgehead atoms. The molecule has 0 aromatic heterocycles. The van der Waals surface area contributed by atoms with Gasteiger partial charge in [-0.15, -0.1) is 0 Å². The summed E-state index contributed by atoms with van der Waals surface area (Å²) in [4.78, 5) is 24.9. The van der Waals surface area contributed by atoms with Gasteiger partial charge in [-0.2, -0.15) is 0 Å². The van der Waals surface area contributed by atoms with Crippen molar-refractivity contribution in [2.75, 3.05) is 5.32 Å². The number of nitrogens with one attached hydrogen (secondary N) is 2. The molecule has 3 aromatic rings. The van der Waals surface area contributed by atoms with Crippen LogP contribution < -0.4 is 10.6 Å². The Labute approximate surface area is 165 Å². The van der Waals surface area contributed by atoms with Crippen molar-refractivity contribution in [3.8, 4) is 0 Å². The molecule has 142 valence electrons. The van der Waals surface area contributed by atoms with Gasteiger partial charge in [-0.05, 0) is 41.8 Å². The zero-order valence-electron chi connectivity index (χ0n) is 15.9. The van der Waals surface area contributed by atoms with Gasteiger partial charge in [0.05, 0.1) is 5.92 Å². The standard InChI is InChI=1S/C24H24N2O2/c1-2-22(19-11-7-4-8-12-19)24(28)26-21-15-13-20(14-16-21)23(27)25-17-18-9-5-3-6-10-18/h3-16,22H,2,17H2,1H3,(H,25,27)(H,26,28)/t22-/m1/s1. The summed E-state index contributed by atoms with van der Waals surface area (Å²) in [6.45, 7) is 2.48. The van der Waals surface area contributed by atoms with E-state index in [0.29, 0.717) is 17.8 Å². The van der Waals surface area contributed by atoms with Crippen LogP contribution in [-0.2, 0) is 11.3 Å². The topological polar surface area (TPSA) is 58.2 Å². The Balaban J connectivity index is 1.59. The Kier molecular flexibility index (Phi) is 6.58. The summed E-state index contributed by atoms with van der Waals surface area (Å²) >= 11 is 0. The zero-order chi connectivity index (χ0) is 19.8. The molecule has 4 heteroatoms. The fourth-order valence-corrected chi connectivity index (χ4v) is 3.07. The highest BCUT2D eigenvalue weighted by atomic mass is 16.2. The first-order valence-electron chi connectivity index (χ1n) is 9.45. The second-order valence-electron chi connectivity index (χ2n) is 6.61. The first-order chi connectivity index (χ1) is 13.7. The molecule has 0 saturated heterocycles. The Morgan fingerprint density at radius 2 is 1.43 bits per heavy atom. The summed E-state index contributed by atoms with van der Waals surface area (Å²) in [5.74, 6) is -0.387. The largest absolute Gasteiger partial charge is 0.348 e. The van der Waals surface area contributed by atoms with Crippen molar-refractivity contribution < 1.29 is 9.59 Å². The molecule has 0 radical (unpaired) electrons. The molecule has 0 heterocycles. The Morgan fingerprint density at radius 3 is 2.04 bits per heavy atom. The van der Waals surface area contributed by atoms with Gasteiger partial charge in [0, 0.05) is 17.8 Å². The maximum atomic E-state index is 12.6. The lowest BCUT2D eigenvalue weighted by Gasteiger charge is -2.15. The minimum atomic E-state index is -0.199. The van der Waals surface area contributed by atoms with Crippen LogP contribution in [0.3, 0.4) is 0 Å². The van der Waals surface area contributed by atoms with E-state index in [4.69, 9.17) is 0 Å². The van der Waals surface area contributed by atoms with Crippen molar-refractivity contribution >= 4 is 17.5 Å². The number of hydrogen-bond donors (Lipinski definition) is 2. The van der Waals surface area contributed by atoms with Crippen LogP contribution in [0, 0.1) is 0 Å². The van der Waals surface area contributed by atoms with Gasteiger partial charge in [0.25, 0.3) is 5.91 Å². The highest BCUT2D eigenvalue weighted by Gasteiger charge is 2.18. The van der Waals surface area contributed by atoms with Gasteiger partial charge in [-0.25, -0.2) is 0 Å². The van der Waals surface area contributed by atoms with Crippen LogP contribution in [0.15, 0.2) is 84.9 Å². The van der Waals surface area contributed by atoms with Crippen LogP contribution in [0.25, 0.3) is 0 Å². The predicted molar refractivity (Wildman–Crippen MR) is 112 cm³/mol. The summed E-state index contributed by atoms with van der Waals surface area (Å²) in [5, 5.41) is 5.84. The maximum absolute atomic E-state index is 12.6. The van der Waals surface area contributed by atoms with Crippen LogP contribution in [0.4, 0.5) is 5.69 Å². The quantitative estimate of drug-likeness (QED) is 0.629. The molecule has 0 saturated carbocycles. The first kappa shape index (κ1) is 19.4. The number of carbonyl (C=O) groups excluding carboxylic acids is 2. The molecule has 1 atom stereocenters. The van der Waals surface area contributed by atoms with Crippen molar-refractivity contribution in [2.24, 2.45) is 0 Å². The normalized spacial score (nSPS) is 11.5. The van der Waals surface area contributed by atoms with Crippen molar-refractivity contribution in [2.45, 2.75) is 25.8 Å². The van der Waals surface area contributed by atoms with E-state index in [-0.39, 0.29) is 17.7 Å². The minimum Gasteiger partial charge on any atom is -0.348 e. The van der Waals surface area contributed by atoms with Crippen LogP contribution in [0.1, 0.15) is 40.7 Å². The lowest BCUT2D eigenvalue weighted by molar-refractivity contribution is -0.117. The number of carbonyl (C=O) groups is 2. The number of anilines is 1. The second-order valence-corrected chi connectivity index (χ2v) is 6.61. The zero-order valence-corrected chi connectivity index (χ0v) is 15.9. The number of amides is 2. The third-order valence-electron chi connectivity index (χ3n) is 4.64. The Hall–Kier alpha value is -3.40. The molecule has 3 aromatic carbocycles. The van der Waals surface area contributed by atoms with Crippen molar-refractivity contribution in [3.63, 3.8) is 0 Å². The van der Waals surface area contributed by atoms with E-state index in [2.05, 4.69) is 10.6 Å². The molecular formula is C24H24N2O2. The Morgan fingerprint density at radius 1 is 0.821 bits per heavy atom. The summed E-state index contributed by atoms with van der Waals surface area (Å²) in [6, 6.07) is 26.5. The fraction of sp³-hybridized carbons (Fsp3) is 0.167. The molecule has 0 aliphatic carbocycles. The predicted octanol–water partition coefficient (Wildman–Crippen LogP) is 4.75. The molecule has 0 unspecified atom stereocenters. The van der Waals surface area contributed by atoms with E-state index in [1.165, 1.54) is 0 Å². The summed E-state index contributed by atoms with van der Waals surface area (Å²) in [6.07, 6.45) is 0.718. The molecule has 4 nitrogen and oxygen atoms in total. The lowest BCUT2D eigenvalue weighted by atomic mass is 9.95. The van der Waals surface area contributed by atoms with E-state index in [0.717, 1.165) is 17.5 Å². The third kappa shape index (κ3) is 5.07. The van der Waals surface area contributed by atoms with Gasteiger partial charge in [-0.1, -0.05) is 67.6 Å².